The number of rotatable bonds is 6. The van der Waals surface area contributed by atoms with Crippen molar-refractivity contribution in [3.8, 4) is 0 Å². The normalized spacial score (nSPS) is 15.1. The SMILES string of the molecule is CCOC(=O)C(O)COCC(C)N. The Balaban J connectivity index is 3.49. The highest BCUT2D eigenvalue weighted by Crippen LogP contribution is 1.91. The molecule has 0 aliphatic carbocycles. The summed E-state index contributed by atoms with van der Waals surface area (Å²) < 4.78 is 9.51. The average molecular weight is 191 g/mol. The first-order chi connectivity index (χ1) is 6.07. The van der Waals surface area contributed by atoms with E-state index in [9.17, 15) is 4.79 Å². The topological polar surface area (TPSA) is 81.8 Å². The quantitative estimate of drug-likeness (QED) is 0.541. The van der Waals surface area contributed by atoms with Crippen LogP contribution in [0.25, 0.3) is 0 Å². The van der Waals surface area contributed by atoms with Crippen molar-refractivity contribution in [1.29, 1.82) is 0 Å². The third-order valence-electron chi connectivity index (χ3n) is 1.22. The molecule has 78 valence electrons. The van der Waals surface area contributed by atoms with Crippen molar-refractivity contribution < 1.29 is 19.4 Å². The van der Waals surface area contributed by atoms with Crippen LogP contribution in [0.5, 0.6) is 0 Å². The molecule has 0 saturated heterocycles. The van der Waals surface area contributed by atoms with Crippen LogP contribution >= 0.6 is 0 Å². The monoisotopic (exact) mass is 191 g/mol. The molecule has 0 bridgehead atoms. The Morgan fingerprint density at radius 2 is 2.15 bits per heavy atom. The summed E-state index contributed by atoms with van der Waals surface area (Å²) in [6.07, 6.45) is -1.21. The fraction of sp³-hybridized carbons (Fsp3) is 0.875. The maximum Gasteiger partial charge on any atom is 0.337 e. The van der Waals surface area contributed by atoms with E-state index in [4.69, 9.17) is 15.6 Å². The Kier molecular flexibility index (Phi) is 6.48. The van der Waals surface area contributed by atoms with Gasteiger partial charge in [0.2, 0.25) is 0 Å². The first-order valence-corrected chi connectivity index (χ1v) is 4.26. The number of carbonyl (C=O) groups excluding carboxylic acids is 1. The highest BCUT2D eigenvalue weighted by molar-refractivity contribution is 5.74. The second-order valence-electron chi connectivity index (χ2n) is 2.78. The molecule has 0 aliphatic heterocycles. The molecule has 0 amide bonds. The van der Waals surface area contributed by atoms with E-state index in [0.717, 1.165) is 0 Å². The van der Waals surface area contributed by atoms with E-state index >= 15 is 0 Å². The van der Waals surface area contributed by atoms with E-state index in [1.807, 2.05) is 0 Å². The van der Waals surface area contributed by atoms with Gasteiger partial charge in [0.05, 0.1) is 19.8 Å². The van der Waals surface area contributed by atoms with Crippen molar-refractivity contribution >= 4 is 5.97 Å². The van der Waals surface area contributed by atoms with Gasteiger partial charge in [0, 0.05) is 6.04 Å². The Labute approximate surface area is 77.8 Å². The molecule has 0 aliphatic rings. The zero-order valence-electron chi connectivity index (χ0n) is 8.03. The molecule has 13 heavy (non-hydrogen) atoms. The summed E-state index contributed by atoms with van der Waals surface area (Å²) >= 11 is 0. The minimum Gasteiger partial charge on any atom is -0.464 e. The van der Waals surface area contributed by atoms with Crippen molar-refractivity contribution in [2.75, 3.05) is 19.8 Å². The summed E-state index contributed by atoms with van der Waals surface area (Å²) in [5.74, 6) is -0.660. The summed E-state index contributed by atoms with van der Waals surface area (Å²) in [6.45, 7) is 3.95. The molecule has 2 atom stereocenters. The second-order valence-corrected chi connectivity index (χ2v) is 2.78. The van der Waals surface area contributed by atoms with Crippen LogP contribution in [0.3, 0.4) is 0 Å². The number of carbonyl (C=O) groups is 1. The minimum atomic E-state index is -1.21. The minimum absolute atomic E-state index is 0.0691. The van der Waals surface area contributed by atoms with Crippen molar-refractivity contribution in [2.24, 2.45) is 5.73 Å². The molecule has 0 spiro atoms. The van der Waals surface area contributed by atoms with Crippen LogP contribution in [0.4, 0.5) is 0 Å². The van der Waals surface area contributed by atoms with Gasteiger partial charge < -0.3 is 20.3 Å². The molecule has 0 rings (SSSR count). The number of esters is 1. The maximum atomic E-state index is 10.8. The predicted molar refractivity (Wildman–Crippen MR) is 47.1 cm³/mol. The zero-order valence-corrected chi connectivity index (χ0v) is 8.03. The van der Waals surface area contributed by atoms with Gasteiger partial charge in [0.25, 0.3) is 0 Å². The summed E-state index contributed by atoms with van der Waals surface area (Å²) in [5, 5.41) is 9.12. The molecule has 0 aromatic carbocycles. The van der Waals surface area contributed by atoms with Crippen molar-refractivity contribution in [3.63, 3.8) is 0 Å². The number of nitrogens with two attached hydrogens (primary N) is 1. The smallest absolute Gasteiger partial charge is 0.337 e. The highest BCUT2D eigenvalue weighted by atomic mass is 16.6. The predicted octanol–water partition coefficient (Wildman–Crippen LogP) is -0.726. The second kappa shape index (κ2) is 6.82. The third kappa shape index (κ3) is 6.51. The fourth-order valence-corrected chi connectivity index (χ4v) is 0.672. The zero-order chi connectivity index (χ0) is 10.3. The van der Waals surface area contributed by atoms with Gasteiger partial charge in [-0.15, -0.1) is 0 Å². The molecular formula is C8H17NO4. The number of hydrogen-bond donors (Lipinski definition) is 2. The molecule has 2 unspecified atom stereocenters. The van der Waals surface area contributed by atoms with Gasteiger partial charge in [-0.1, -0.05) is 0 Å². The van der Waals surface area contributed by atoms with Crippen LogP contribution in [0.2, 0.25) is 0 Å². The van der Waals surface area contributed by atoms with E-state index < -0.39 is 12.1 Å². The van der Waals surface area contributed by atoms with Crippen molar-refractivity contribution in [2.45, 2.75) is 26.0 Å². The molecule has 0 radical (unpaired) electrons. The van der Waals surface area contributed by atoms with Gasteiger partial charge in [-0.05, 0) is 13.8 Å². The fourth-order valence-electron chi connectivity index (χ4n) is 0.672. The average Bonchev–Trinajstić information content (AvgIpc) is 2.04. The lowest BCUT2D eigenvalue weighted by Crippen LogP contribution is -2.31. The highest BCUT2D eigenvalue weighted by Gasteiger charge is 2.15. The lowest BCUT2D eigenvalue weighted by Gasteiger charge is -2.11. The summed E-state index contributed by atoms with van der Waals surface area (Å²) in [7, 11) is 0. The van der Waals surface area contributed by atoms with Gasteiger partial charge in [-0.3, -0.25) is 0 Å². The Morgan fingerprint density at radius 3 is 2.62 bits per heavy atom. The number of aliphatic hydroxyl groups is 1. The van der Waals surface area contributed by atoms with E-state index in [2.05, 4.69) is 4.74 Å². The van der Waals surface area contributed by atoms with Crippen molar-refractivity contribution in [3.05, 3.63) is 0 Å². The molecule has 0 aromatic heterocycles. The standard InChI is InChI=1S/C8H17NO4/c1-3-13-8(11)7(10)5-12-4-6(2)9/h6-7,10H,3-5,9H2,1-2H3. The van der Waals surface area contributed by atoms with Crippen LogP contribution in [0, 0.1) is 0 Å². The molecular weight excluding hydrogens is 174 g/mol. The molecule has 0 saturated carbocycles. The van der Waals surface area contributed by atoms with Crippen LogP contribution in [-0.2, 0) is 14.3 Å². The largest absolute Gasteiger partial charge is 0.464 e. The lowest BCUT2D eigenvalue weighted by molar-refractivity contribution is -0.156. The maximum absolute atomic E-state index is 10.8. The van der Waals surface area contributed by atoms with Crippen LogP contribution in [0.1, 0.15) is 13.8 Å². The van der Waals surface area contributed by atoms with Crippen molar-refractivity contribution in [1.82, 2.24) is 0 Å². The number of ether oxygens (including phenoxy) is 2. The van der Waals surface area contributed by atoms with E-state index in [1.165, 1.54) is 0 Å². The lowest BCUT2D eigenvalue weighted by atomic mass is 10.4. The Morgan fingerprint density at radius 1 is 1.54 bits per heavy atom. The molecule has 3 N–H and O–H groups in total. The van der Waals surface area contributed by atoms with E-state index in [1.54, 1.807) is 13.8 Å². The molecule has 5 nitrogen and oxygen atoms in total. The van der Waals surface area contributed by atoms with Crippen LogP contribution < -0.4 is 5.73 Å². The molecule has 0 fully saturated rings. The van der Waals surface area contributed by atoms with Gasteiger partial charge >= 0.3 is 5.97 Å². The van der Waals surface area contributed by atoms with Gasteiger partial charge in [-0.2, -0.15) is 0 Å². The van der Waals surface area contributed by atoms with Crippen LogP contribution in [0.15, 0.2) is 0 Å². The number of aliphatic hydroxyl groups excluding tert-OH is 1. The first kappa shape index (κ1) is 12.3. The van der Waals surface area contributed by atoms with Gasteiger partial charge in [0.15, 0.2) is 6.10 Å². The van der Waals surface area contributed by atoms with E-state index in [0.29, 0.717) is 6.61 Å². The molecule has 0 aromatic rings. The Bertz CT molecular complexity index is 149. The Hall–Kier alpha value is -0.650. The summed E-state index contributed by atoms with van der Waals surface area (Å²) in [4.78, 5) is 10.8. The first-order valence-electron chi connectivity index (χ1n) is 4.26. The van der Waals surface area contributed by atoms with Gasteiger partial charge in [0.1, 0.15) is 0 Å². The summed E-state index contributed by atoms with van der Waals surface area (Å²) in [6, 6.07) is -0.102. The van der Waals surface area contributed by atoms with Gasteiger partial charge in [-0.25, -0.2) is 4.79 Å². The third-order valence-corrected chi connectivity index (χ3v) is 1.22. The number of hydrogen-bond acceptors (Lipinski definition) is 5. The molecule has 0 heterocycles. The van der Waals surface area contributed by atoms with E-state index in [-0.39, 0.29) is 19.3 Å². The van der Waals surface area contributed by atoms with Crippen LogP contribution in [-0.4, -0.2) is 43.0 Å². The summed E-state index contributed by atoms with van der Waals surface area (Å²) in [5.41, 5.74) is 5.39. The molecule has 5 heteroatoms.